The van der Waals surface area contributed by atoms with Crippen LogP contribution in [0.3, 0.4) is 0 Å². The van der Waals surface area contributed by atoms with Crippen molar-refractivity contribution in [1.82, 2.24) is 20.3 Å². The first-order valence-electron chi connectivity index (χ1n) is 4.82. The van der Waals surface area contributed by atoms with Crippen LogP contribution in [0.2, 0.25) is 0 Å². The van der Waals surface area contributed by atoms with E-state index in [0.29, 0.717) is 0 Å². The van der Waals surface area contributed by atoms with E-state index >= 15 is 0 Å². The number of hydrogen-bond acceptors (Lipinski definition) is 4. The van der Waals surface area contributed by atoms with Gasteiger partial charge in [0.1, 0.15) is 0 Å². The SMILES string of the molecule is CNCc1nnn(CCCOC)c1C. The van der Waals surface area contributed by atoms with Crippen LogP contribution in [0, 0.1) is 6.92 Å². The summed E-state index contributed by atoms with van der Waals surface area (Å²) in [5, 5.41) is 11.2. The summed E-state index contributed by atoms with van der Waals surface area (Å²) < 4.78 is 6.91. The lowest BCUT2D eigenvalue weighted by molar-refractivity contribution is 0.188. The Morgan fingerprint density at radius 2 is 2.29 bits per heavy atom. The number of aromatic nitrogens is 3. The van der Waals surface area contributed by atoms with Crippen LogP contribution in [-0.2, 0) is 17.8 Å². The Morgan fingerprint density at radius 3 is 2.93 bits per heavy atom. The Balaban J connectivity index is 2.51. The summed E-state index contributed by atoms with van der Waals surface area (Å²) in [4.78, 5) is 0. The normalized spacial score (nSPS) is 10.8. The Hall–Kier alpha value is -0.940. The van der Waals surface area contributed by atoms with Crippen molar-refractivity contribution in [1.29, 1.82) is 0 Å². The molecular formula is C9H18N4O. The lowest BCUT2D eigenvalue weighted by Gasteiger charge is -2.02. The van der Waals surface area contributed by atoms with Gasteiger partial charge in [-0.3, -0.25) is 0 Å². The largest absolute Gasteiger partial charge is 0.385 e. The molecule has 0 saturated carbocycles. The molecule has 0 aliphatic heterocycles. The molecule has 0 unspecified atom stereocenters. The van der Waals surface area contributed by atoms with E-state index in [4.69, 9.17) is 4.74 Å². The minimum absolute atomic E-state index is 0.765. The van der Waals surface area contributed by atoms with Crippen molar-refractivity contribution in [2.45, 2.75) is 26.4 Å². The third kappa shape index (κ3) is 2.78. The van der Waals surface area contributed by atoms with Gasteiger partial charge >= 0.3 is 0 Å². The average Bonchev–Trinajstić information content (AvgIpc) is 2.51. The Kier molecular flexibility index (Phi) is 4.55. The Morgan fingerprint density at radius 1 is 1.50 bits per heavy atom. The van der Waals surface area contributed by atoms with Crippen molar-refractivity contribution < 1.29 is 4.74 Å². The number of methoxy groups -OCH3 is 1. The molecule has 0 amide bonds. The summed E-state index contributed by atoms with van der Waals surface area (Å²) >= 11 is 0. The minimum Gasteiger partial charge on any atom is -0.385 e. The fourth-order valence-corrected chi connectivity index (χ4v) is 1.30. The first kappa shape index (κ1) is 11.1. The predicted molar refractivity (Wildman–Crippen MR) is 54.0 cm³/mol. The van der Waals surface area contributed by atoms with E-state index in [0.717, 1.165) is 37.5 Å². The molecule has 1 N–H and O–H groups in total. The average molecular weight is 198 g/mol. The molecule has 1 aromatic rings. The highest BCUT2D eigenvalue weighted by atomic mass is 16.5. The standard InChI is InChI=1S/C9H18N4O/c1-8-9(7-10-2)11-12-13(8)5-4-6-14-3/h10H,4-7H2,1-3H3. The quantitative estimate of drug-likeness (QED) is 0.670. The van der Waals surface area contributed by atoms with Gasteiger partial charge in [0.15, 0.2) is 0 Å². The third-order valence-electron chi connectivity index (χ3n) is 2.14. The van der Waals surface area contributed by atoms with Crippen LogP contribution in [0.5, 0.6) is 0 Å². The molecule has 0 bridgehead atoms. The van der Waals surface area contributed by atoms with Gasteiger partial charge in [-0.05, 0) is 20.4 Å². The maximum Gasteiger partial charge on any atom is 0.0993 e. The van der Waals surface area contributed by atoms with Gasteiger partial charge in [-0.1, -0.05) is 5.21 Å². The van der Waals surface area contributed by atoms with Gasteiger partial charge in [0.05, 0.1) is 11.4 Å². The van der Waals surface area contributed by atoms with E-state index in [1.165, 1.54) is 0 Å². The molecule has 5 heteroatoms. The minimum atomic E-state index is 0.765. The summed E-state index contributed by atoms with van der Waals surface area (Å²) in [6.45, 7) is 4.45. The van der Waals surface area contributed by atoms with Crippen LogP contribution in [0.1, 0.15) is 17.8 Å². The zero-order valence-electron chi connectivity index (χ0n) is 9.08. The number of nitrogens with one attached hydrogen (secondary N) is 1. The molecule has 0 aromatic carbocycles. The molecule has 0 aliphatic carbocycles. The van der Waals surface area contributed by atoms with Gasteiger partial charge in [-0.15, -0.1) is 5.10 Å². The van der Waals surface area contributed by atoms with E-state index in [9.17, 15) is 0 Å². The third-order valence-corrected chi connectivity index (χ3v) is 2.14. The monoisotopic (exact) mass is 198 g/mol. The number of nitrogens with zero attached hydrogens (tertiary/aromatic N) is 3. The zero-order valence-corrected chi connectivity index (χ0v) is 9.08. The number of hydrogen-bond donors (Lipinski definition) is 1. The van der Waals surface area contributed by atoms with Crippen LogP contribution in [0.15, 0.2) is 0 Å². The molecule has 1 aromatic heterocycles. The van der Waals surface area contributed by atoms with Crippen molar-refractivity contribution in [2.24, 2.45) is 0 Å². The second kappa shape index (κ2) is 5.72. The highest BCUT2D eigenvalue weighted by Crippen LogP contribution is 2.03. The van der Waals surface area contributed by atoms with E-state index in [1.807, 2.05) is 18.7 Å². The Labute approximate surface area is 84.4 Å². The first-order valence-corrected chi connectivity index (χ1v) is 4.82. The lowest BCUT2D eigenvalue weighted by Crippen LogP contribution is -2.08. The van der Waals surface area contributed by atoms with Crippen LogP contribution >= 0.6 is 0 Å². The molecule has 0 atom stereocenters. The summed E-state index contributed by atoms with van der Waals surface area (Å²) in [6, 6.07) is 0. The molecule has 1 heterocycles. The smallest absolute Gasteiger partial charge is 0.0993 e. The van der Waals surface area contributed by atoms with Crippen molar-refractivity contribution >= 4 is 0 Å². The number of aryl methyl sites for hydroxylation is 1. The lowest BCUT2D eigenvalue weighted by atomic mass is 10.3. The van der Waals surface area contributed by atoms with Crippen LogP contribution < -0.4 is 5.32 Å². The van der Waals surface area contributed by atoms with Crippen molar-refractivity contribution in [2.75, 3.05) is 20.8 Å². The summed E-state index contributed by atoms with van der Waals surface area (Å²) in [5.41, 5.74) is 2.15. The highest BCUT2D eigenvalue weighted by Gasteiger charge is 2.06. The first-order chi connectivity index (χ1) is 6.79. The van der Waals surface area contributed by atoms with Crippen molar-refractivity contribution in [3.63, 3.8) is 0 Å². The van der Waals surface area contributed by atoms with Gasteiger partial charge in [-0.2, -0.15) is 0 Å². The maximum atomic E-state index is 4.98. The number of ether oxygens (including phenoxy) is 1. The molecule has 0 fully saturated rings. The number of rotatable bonds is 6. The fraction of sp³-hybridized carbons (Fsp3) is 0.778. The molecule has 0 saturated heterocycles. The van der Waals surface area contributed by atoms with E-state index in [1.54, 1.807) is 7.11 Å². The summed E-state index contributed by atoms with van der Waals surface area (Å²) in [7, 11) is 3.62. The second-order valence-electron chi connectivity index (χ2n) is 3.22. The highest BCUT2D eigenvalue weighted by molar-refractivity contribution is 5.07. The molecule has 0 spiro atoms. The molecule has 0 aliphatic rings. The van der Waals surface area contributed by atoms with E-state index in [2.05, 4.69) is 15.6 Å². The molecular weight excluding hydrogens is 180 g/mol. The van der Waals surface area contributed by atoms with Gasteiger partial charge in [0.25, 0.3) is 0 Å². The molecule has 1 rings (SSSR count). The van der Waals surface area contributed by atoms with Gasteiger partial charge in [-0.25, -0.2) is 4.68 Å². The summed E-state index contributed by atoms with van der Waals surface area (Å²) in [5.74, 6) is 0. The molecule has 5 nitrogen and oxygen atoms in total. The topological polar surface area (TPSA) is 52.0 Å². The van der Waals surface area contributed by atoms with Crippen molar-refractivity contribution in [3.8, 4) is 0 Å². The van der Waals surface area contributed by atoms with Gasteiger partial charge in [0.2, 0.25) is 0 Å². The summed E-state index contributed by atoms with van der Waals surface area (Å²) in [6.07, 6.45) is 0.972. The van der Waals surface area contributed by atoms with Crippen molar-refractivity contribution in [3.05, 3.63) is 11.4 Å². The van der Waals surface area contributed by atoms with Crippen LogP contribution in [0.4, 0.5) is 0 Å². The second-order valence-corrected chi connectivity index (χ2v) is 3.22. The van der Waals surface area contributed by atoms with E-state index in [-0.39, 0.29) is 0 Å². The molecule has 0 radical (unpaired) electrons. The van der Waals surface area contributed by atoms with Gasteiger partial charge < -0.3 is 10.1 Å². The van der Waals surface area contributed by atoms with Crippen LogP contribution in [0.25, 0.3) is 0 Å². The van der Waals surface area contributed by atoms with Crippen LogP contribution in [-0.4, -0.2) is 35.8 Å². The molecule has 80 valence electrons. The molecule has 14 heavy (non-hydrogen) atoms. The predicted octanol–water partition coefficient (Wildman–Crippen LogP) is 0.342. The maximum absolute atomic E-state index is 4.98. The fourth-order valence-electron chi connectivity index (χ4n) is 1.30. The van der Waals surface area contributed by atoms with Gasteiger partial charge in [0, 0.05) is 26.8 Å². The zero-order chi connectivity index (χ0) is 10.4. The Bertz CT molecular complexity index is 272. The van der Waals surface area contributed by atoms with E-state index < -0.39 is 0 Å².